The van der Waals surface area contributed by atoms with Crippen molar-refractivity contribution in [2.75, 3.05) is 57.4 Å². The molecule has 0 aromatic heterocycles. The minimum Gasteiger partial charge on any atom is -0.444 e. The smallest absolute Gasteiger partial charge is 0.410 e. The number of carbonyl (C=O) groups excluding carboxylic acids is 1. The molecule has 0 spiro atoms. The fraction of sp³-hybridized carbons (Fsp3) is 0.536. The number of carbonyl (C=O) groups is 1. The van der Waals surface area contributed by atoms with Gasteiger partial charge in [-0.05, 0) is 57.4 Å². The lowest BCUT2D eigenvalue weighted by atomic mass is 10.1. The maximum atomic E-state index is 12.5. The molecular formula is C28H37N4O3S+. The highest BCUT2D eigenvalue weighted by Crippen LogP contribution is 2.35. The maximum absolute atomic E-state index is 12.5. The molecule has 2 fully saturated rings. The van der Waals surface area contributed by atoms with Crippen molar-refractivity contribution in [1.29, 1.82) is 0 Å². The lowest BCUT2D eigenvalue weighted by molar-refractivity contribution is 0.0218. The van der Waals surface area contributed by atoms with E-state index >= 15 is 0 Å². The lowest BCUT2D eigenvalue weighted by Gasteiger charge is -2.29. The number of aryl methyl sites for hydroxylation is 2. The third kappa shape index (κ3) is 5.20. The summed E-state index contributed by atoms with van der Waals surface area (Å²) >= 11 is 1.83. The van der Waals surface area contributed by atoms with Gasteiger partial charge >= 0.3 is 6.09 Å². The van der Waals surface area contributed by atoms with E-state index in [9.17, 15) is 4.79 Å². The monoisotopic (exact) mass is 509 g/mol. The number of piperazine rings is 1. The molecule has 1 aromatic rings. The second kappa shape index (κ2) is 9.98. The Balaban J connectivity index is 1.50. The molecule has 3 aliphatic heterocycles. The summed E-state index contributed by atoms with van der Waals surface area (Å²) in [7, 11) is 0. The van der Waals surface area contributed by atoms with Gasteiger partial charge in [0.2, 0.25) is 5.36 Å². The minimum atomic E-state index is -0.472. The van der Waals surface area contributed by atoms with Crippen LogP contribution in [-0.4, -0.2) is 74.1 Å². The van der Waals surface area contributed by atoms with Crippen LogP contribution in [-0.2, 0) is 15.9 Å². The predicted octanol–water partition coefficient (Wildman–Crippen LogP) is 4.13. The molecule has 1 amide bonds. The van der Waals surface area contributed by atoms with Crippen molar-refractivity contribution in [3.63, 3.8) is 0 Å². The van der Waals surface area contributed by atoms with Crippen LogP contribution in [0, 0.1) is 6.92 Å². The molecule has 1 aliphatic carbocycles. The molecule has 8 heteroatoms. The fourth-order valence-electron chi connectivity index (χ4n) is 4.96. The summed E-state index contributed by atoms with van der Waals surface area (Å²) < 4.78 is 14.7. The molecule has 192 valence electrons. The summed E-state index contributed by atoms with van der Waals surface area (Å²) in [5.41, 5.74) is 5.47. The summed E-state index contributed by atoms with van der Waals surface area (Å²) in [4.78, 5) is 23.1. The molecular weight excluding hydrogens is 472 g/mol. The van der Waals surface area contributed by atoms with Gasteiger partial charge in [0.15, 0.2) is 13.1 Å². The van der Waals surface area contributed by atoms with Crippen LogP contribution in [0.2, 0.25) is 0 Å². The maximum Gasteiger partial charge on any atom is 0.410 e. The number of nitrogens with zero attached hydrogens (tertiary/aromatic N) is 4. The quantitative estimate of drug-likeness (QED) is 0.384. The van der Waals surface area contributed by atoms with E-state index in [4.69, 9.17) is 14.5 Å². The number of benzene rings is 2. The van der Waals surface area contributed by atoms with E-state index in [2.05, 4.69) is 47.6 Å². The Labute approximate surface area is 217 Å². The van der Waals surface area contributed by atoms with Gasteiger partial charge in [0.1, 0.15) is 5.60 Å². The zero-order chi connectivity index (χ0) is 25.4. The van der Waals surface area contributed by atoms with Crippen molar-refractivity contribution in [3.8, 4) is 10.6 Å². The number of ether oxygens (including phenoxy) is 2. The van der Waals surface area contributed by atoms with E-state index in [1.807, 2.05) is 37.0 Å². The Hall–Kier alpha value is -2.71. The fourth-order valence-corrected chi connectivity index (χ4v) is 6.14. The van der Waals surface area contributed by atoms with E-state index in [0.717, 1.165) is 57.0 Å². The van der Waals surface area contributed by atoms with Crippen LogP contribution in [0.3, 0.4) is 0 Å². The molecule has 36 heavy (non-hydrogen) atoms. The normalized spacial score (nSPS) is 17.2. The van der Waals surface area contributed by atoms with Crippen molar-refractivity contribution in [3.05, 3.63) is 40.7 Å². The predicted molar refractivity (Wildman–Crippen MR) is 146 cm³/mol. The summed E-state index contributed by atoms with van der Waals surface area (Å²) in [5, 5.41) is 1.21. The largest absolute Gasteiger partial charge is 0.444 e. The van der Waals surface area contributed by atoms with Crippen molar-refractivity contribution < 1.29 is 14.3 Å². The molecule has 0 N–H and O–H groups in total. The van der Waals surface area contributed by atoms with Gasteiger partial charge in [-0.15, -0.1) is 11.3 Å². The third-order valence-electron chi connectivity index (χ3n) is 6.89. The van der Waals surface area contributed by atoms with Crippen molar-refractivity contribution in [1.82, 2.24) is 14.5 Å². The summed E-state index contributed by atoms with van der Waals surface area (Å²) in [6, 6.07) is 9.13. The first-order valence-electron chi connectivity index (χ1n) is 13.0. The molecule has 5 rings (SSSR count). The molecule has 7 nitrogen and oxygen atoms in total. The van der Waals surface area contributed by atoms with E-state index in [1.165, 1.54) is 31.7 Å². The van der Waals surface area contributed by atoms with Crippen LogP contribution in [0.5, 0.6) is 0 Å². The average molecular weight is 510 g/mol. The van der Waals surface area contributed by atoms with E-state index < -0.39 is 5.60 Å². The van der Waals surface area contributed by atoms with E-state index in [1.54, 1.807) is 0 Å². The Morgan fingerprint density at radius 2 is 1.83 bits per heavy atom. The molecule has 3 heterocycles. The zero-order valence-corrected chi connectivity index (χ0v) is 22.9. The van der Waals surface area contributed by atoms with E-state index in [0.29, 0.717) is 13.1 Å². The number of fused-ring (bicyclic) bond motifs is 2. The molecule has 0 bridgehead atoms. The summed E-state index contributed by atoms with van der Waals surface area (Å²) in [6.07, 6.45) is 0.706. The van der Waals surface area contributed by atoms with Gasteiger partial charge in [-0.1, -0.05) is 6.92 Å². The van der Waals surface area contributed by atoms with Gasteiger partial charge in [0.25, 0.3) is 0 Å². The van der Waals surface area contributed by atoms with Crippen LogP contribution < -0.4 is 14.8 Å². The Morgan fingerprint density at radius 1 is 1.11 bits per heavy atom. The van der Waals surface area contributed by atoms with Crippen LogP contribution in [0.4, 0.5) is 10.5 Å². The van der Waals surface area contributed by atoms with Gasteiger partial charge in [-0.3, -0.25) is 4.90 Å². The zero-order valence-electron chi connectivity index (χ0n) is 22.1. The van der Waals surface area contributed by atoms with Crippen molar-refractivity contribution in [2.45, 2.75) is 46.6 Å². The minimum absolute atomic E-state index is 0.223. The molecule has 1 aromatic carbocycles. The Bertz CT molecular complexity index is 1310. The molecule has 4 aliphatic rings. The van der Waals surface area contributed by atoms with Crippen LogP contribution in [0.15, 0.2) is 24.3 Å². The number of aromatic nitrogens is 1. The first kappa shape index (κ1) is 25.0. The molecule has 0 unspecified atom stereocenters. The summed E-state index contributed by atoms with van der Waals surface area (Å²) in [6.45, 7) is 16.4. The summed E-state index contributed by atoms with van der Waals surface area (Å²) in [5.74, 6) is 0. The molecule has 0 radical (unpaired) electrons. The highest BCUT2D eigenvalue weighted by atomic mass is 32.1. The van der Waals surface area contributed by atoms with E-state index in [-0.39, 0.29) is 6.09 Å². The first-order chi connectivity index (χ1) is 17.2. The highest BCUT2D eigenvalue weighted by molar-refractivity contribution is 7.21. The van der Waals surface area contributed by atoms with Gasteiger partial charge in [-0.2, -0.15) is 0 Å². The SMILES string of the molecule is CCc1cc(=[N+]2CCN(C(=O)OC(C)(C)C)CC2)cc2sc3cc(N4CCOCC4)cc(C)c3nc1-2. The number of rotatable bonds is 2. The van der Waals surface area contributed by atoms with Crippen LogP contribution in [0.25, 0.3) is 20.8 Å². The second-order valence-corrected chi connectivity index (χ2v) is 11.8. The van der Waals surface area contributed by atoms with Crippen molar-refractivity contribution in [2.24, 2.45) is 0 Å². The standard InChI is InChI=1S/C28H37N4O3S/c1-6-20-16-22(30-7-9-32(10-8-30)27(33)35-28(3,4)5)18-24-26(20)29-25-19(2)15-21(17-23(25)36-24)31-11-13-34-14-12-31/h15-18H,6-14H2,1-5H3/q+1. The van der Waals surface area contributed by atoms with Crippen LogP contribution in [0.1, 0.15) is 38.8 Å². The Kier molecular flexibility index (Phi) is 6.92. The molecule has 2 saturated heterocycles. The highest BCUT2D eigenvalue weighted by Gasteiger charge is 2.28. The first-order valence-corrected chi connectivity index (χ1v) is 13.8. The number of morpholine rings is 1. The average Bonchev–Trinajstić information content (AvgIpc) is 2.86. The lowest BCUT2D eigenvalue weighted by Crippen LogP contribution is -2.51. The third-order valence-corrected chi connectivity index (χ3v) is 7.95. The van der Waals surface area contributed by atoms with Gasteiger partial charge in [-0.25, -0.2) is 14.4 Å². The molecule has 0 atom stereocenters. The molecule has 0 saturated carbocycles. The van der Waals surface area contributed by atoms with Crippen LogP contribution >= 0.6 is 11.3 Å². The number of amides is 1. The van der Waals surface area contributed by atoms with Gasteiger partial charge in [0.05, 0.1) is 47.1 Å². The number of anilines is 1. The number of hydrogen-bond donors (Lipinski definition) is 0. The van der Waals surface area contributed by atoms with Gasteiger partial charge in [0, 0.05) is 30.9 Å². The number of hydrogen-bond acceptors (Lipinski definition) is 6. The topological polar surface area (TPSA) is 57.9 Å². The Morgan fingerprint density at radius 3 is 2.50 bits per heavy atom. The van der Waals surface area contributed by atoms with Crippen molar-refractivity contribution >= 4 is 33.3 Å². The second-order valence-electron chi connectivity index (χ2n) is 10.7. The van der Waals surface area contributed by atoms with Gasteiger partial charge < -0.3 is 14.4 Å².